The van der Waals surface area contributed by atoms with Gasteiger partial charge in [-0.3, -0.25) is 14.4 Å². The number of unbranched alkanes of at least 4 members (excludes halogenated alkanes) is 2. The van der Waals surface area contributed by atoms with Crippen LogP contribution in [0.1, 0.15) is 36.0 Å². The summed E-state index contributed by atoms with van der Waals surface area (Å²) >= 11 is 0. The number of benzene rings is 3. The van der Waals surface area contributed by atoms with Crippen LogP contribution < -0.4 is 21.8 Å². The second-order valence-corrected chi connectivity index (χ2v) is 8.49. The lowest BCUT2D eigenvalue weighted by Crippen LogP contribution is -2.24. The van der Waals surface area contributed by atoms with E-state index in [-0.39, 0.29) is 16.9 Å². The van der Waals surface area contributed by atoms with Gasteiger partial charge in [-0.25, -0.2) is 4.39 Å². The van der Waals surface area contributed by atoms with Crippen molar-refractivity contribution >= 4 is 39.8 Å². The second-order valence-electron chi connectivity index (χ2n) is 8.49. The predicted molar refractivity (Wildman–Crippen MR) is 141 cm³/mol. The van der Waals surface area contributed by atoms with Gasteiger partial charge in [0, 0.05) is 30.2 Å². The number of rotatable bonds is 9. The molecule has 4 N–H and O–H groups in total. The van der Waals surface area contributed by atoms with E-state index in [0.717, 1.165) is 18.4 Å². The fraction of sp³-hybridized carbons (Fsp3) is 0.179. The van der Waals surface area contributed by atoms with E-state index in [9.17, 15) is 18.8 Å². The summed E-state index contributed by atoms with van der Waals surface area (Å²) in [5.74, 6) is -1.06. The summed E-state index contributed by atoms with van der Waals surface area (Å²) in [4.78, 5) is 38.1. The Morgan fingerprint density at radius 1 is 0.861 bits per heavy atom. The van der Waals surface area contributed by atoms with Gasteiger partial charge in [0.15, 0.2) is 0 Å². The number of nitrogen functional groups attached to an aromatic ring is 1. The Morgan fingerprint density at radius 3 is 2.36 bits per heavy atom. The van der Waals surface area contributed by atoms with E-state index in [4.69, 9.17) is 5.73 Å². The number of amides is 2. The van der Waals surface area contributed by atoms with Crippen molar-refractivity contribution in [3.8, 4) is 0 Å². The Bertz CT molecular complexity index is 1450. The molecule has 0 unspecified atom stereocenters. The van der Waals surface area contributed by atoms with Crippen LogP contribution in [0.5, 0.6) is 0 Å². The van der Waals surface area contributed by atoms with E-state index in [1.165, 1.54) is 24.3 Å². The fourth-order valence-electron chi connectivity index (χ4n) is 3.99. The molecule has 2 amide bonds. The summed E-state index contributed by atoms with van der Waals surface area (Å²) in [5.41, 5.74) is 7.78. The summed E-state index contributed by atoms with van der Waals surface area (Å²) in [5, 5.41) is 5.93. The first-order chi connectivity index (χ1) is 17.4. The molecule has 0 aliphatic heterocycles. The van der Waals surface area contributed by atoms with Crippen molar-refractivity contribution in [2.75, 3.05) is 16.4 Å². The number of aromatic nitrogens is 1. The maximum Gasteiger partial charge on any atom is 0.261 e. The lowest BCUT2D eigenvalue weighted by atomic mass is 10.1. The molecule has 1 heterocycles. The van der Waals surface area contributed by atoms with Gasteiger partial charge in [0.05, 0.1) is 16.9 Å². The largest absolute Gasteiger partial charge is 0.397 e. The first-order valence-electron chi connectivity index (χ1n) is 11.8. The minimum absolute atomic E-state index is 0.0119. The van der Waals surface area contributed by atoms with Crippen LogP contribution in [0.4, 0.5) is 21.5 Å². The SMILES string of the molecule is Nc1ccccc1NC(=O)CCCCCn1cc(C(=O)Nc2ccc(F)cc2)c(=O)c2ccccc21. The molecule has 0 spiro atoms. The fourth-order valence-corrected chi connectivity index (χ4v) is 3.99. The van der Waals surface area contributed by atoms with Crippen LogP contribution in [0.2, 0.25) is 0 Å². The van der Waals surface area contributed by atoms with E-state index < -0.39 is 11.7 Å². The monoisotopic (exact) mass is 486 g/mol. The molecule has 0 bridgehead atoms. The molecule has 0 radical (unpaired) electrons. The molecule has 1 aromatic heterocycles. The van der Waals surface area contributed by atoms with E-state index in [1.54, 1.807) is 30.5 Å². The number of fused-ring (bicyclic) bond motifs is 1. The lowest BCUT2D eigenvalue weighted by Gasteiger charge is -2.14. The third-order valence-corrected chi connectivity index (χ3v) is 5.87. The Kier molecular flexibility index (Phi) is 7.75. The summed E-state index contributed by atoms with van der Waals surface area (Å²) in [6, 6.07) is 19.6. The standard InChI is InChI=1S/C28H27FN4O3/c29-19-13-15-20(16-14-19)31-28(36)22-18-33(25-11-6-3-8-21(25)27(22)35)17-7-1-2-12-26(34)32-24-10-5-4-9-23(24)30/h3-6,8-11,13-16,18H,1-2,7,12,17,30H2,(H,31,36)(H,32,34). The van der Waals surface area contributed by atoms with Crippen LogP contribution in [0.3, 0.4) is 0 Å². The minimum Gasteiger partial charge on any atom is -0.397 e. The van der Waals surface area contributed by atoms with Crippen LogP contribution in [-0.2, 0) is 11.3 Å². The number of carbonyl (C=O) groups is 2. The van der Waals surface area contributed by atoms with Gasteiger partial charge in [-0.15, -0.1) is 0 Å². The van der Waals surface area contributed by atoms with Gasteiger partial charge in [0.1, 0.15) is 11.4 Å². The third-order valence-electron chi connectivity index (χ3n) is 5.87. The van der Waals surface area contributed by atoms with Crippen molar-refractivity contribution in [1.29, 1.82) is 0 Å². The molecule has 4 rings (SSSR count). The van der Waals surface area contributed by atoms with Gasteiger partial charge in [-0.1, -0.05) is 30.7 Å². The van der Waals surface area contributed by atoms with Crippen molar-refractivity contribution in [1.82, 2.24) is 4.57 Å². The Morgan fingerprint density at radius 2 is 1.58 bits per heavy atom. The maximum atomic E-state index is 13.2. The van der Waals surface area contributed by atoms with Gasteiger partial charge < -0.3 is 20.9 Å². The number of anilines is 3. The Hall–Kier alpha value is -4.46. The van der Waals surface area contributed by atoms with Crippen molar-refractivity contribution in [2.45, 2.75) is 32.2 Å². The molecule has 36 heavy (non-hydrogen) atoms. The molecule has 0 aliphatic rings. The van der Waals surface area contributed by atoms with Gasteiger partial charge in [-0.2, -0.15) is 0 Å². The van der Waals surface area contributed by atoms with E-state index in [1.807, 2.05) is 28.8 Å². The van der Waals surface area contributed by atoms with Crippen molar-refractivity contribution in [2.24, 2.45) is 0 Å². The third kappa shape index (κ3) is 5.96. The second kappa shape index (κ2) is 11.3. The molecule has 4 aromatic rings. The van der Waals surface area contributed by atoms with Crippen molar-refractivity contribution < 1.29 is 14.0 Å². The molecule has 7 nitrogen and oxygen atoms in total. The molecular formula is C28H27FN4O3. The number of nitrogens with two attached hydrogens (primary N) is 1. The summed E-state index contributed by atoms with van der Waals surface area (Å²) in [6.07, 6.45) is 4.16. The highest BCUT2D eigenvalue weighted by Gasteiger charge is 2.16. The Labute approximate surface area is 207 Å². The van der Waals surface area contributed by atoms with Crippen molar-refractivity contribution in [3.05, 3.63) is 101 Å². The molecule has 0 saturated carbocycles. The number of aryl methyl sites for hydroxylation is 1. The van der Waals surface area contributed by atoms with E-state index in [2.05, 4.69) is 10.6 Å². The maximum absolute atomic E-state index is 13.2. The first-order valence-corrected chi connectivity index (χ1v) is 11.8. The highest BCUT2D eigenvalue weighted by atomic mass is 19.1. The average molecular weight is 487 g/mol. The number of para-hydroxylation sites is 3. The summed E-state index contributed by atoms with van der Waals surface area (Å²) in [6.45, 7) is 0.574. The Balaban J connectivity index is 1.40. The quantitative estimate of drug-likeness (QED) is 0.224. The number of nitrogens with zero attached hydrogens (tertiary/aromatic N) is 1. The minimum atomic E-state index is -0.553. The van der Waals surface area contributed by atoms with Gasteiger partial charge >= 0.3 is 0 Å². The number of pyridine rings is 1. The van der Waals surface area contributed by atoms with Crippen molar-refractivity contribution in [3.63, 3.8) is 0 Å². The number of carbonyl (C=O) groups excluding carboxylic acids is 2. The normalized spacial score (nSPS) is 10.8. The highest BCUT2D eigenvalue weighted by Crippen LogP contribution is 2.18. The zero-order valence-corrected chi connectivity index (χ0v) is 19.7. The van der Waals surface area contributed by atoms with E-state index >= 15 is 0 Å². The first kappa shape index (κ1) is 24.7. The molecule has 184 valence electrons. The summed E-state index contributed by atoms with van der Waals surface area (Å²) < 4.78 is 15.1. The number of hydrogen-bond donors (Lipinski definition) is 3. The van der Waals surface area contributed by atoms with E-state index in [0.29, 0.717) is 41.8 Å². The van der Waals surface area contributed by atoms with Gasteiger partial charge in [-0.05, 0) is 61.4 Å². The number of hydrogen-bond acceptors (Lipinski definition) is 4. The zero-order chi connectivity index (χ0) is 25.5. The predicted octanol–water partition coefficient (Wildman–Crippen LogP) is 5.17. The molecule has 0 saturated heterocycles. The topological polar surface area (TPSA) is 106 Å². The smallest absolute Gasteiger partial charge is 0.261 e. The number of halogens is 1. The highest BCUT2D eigenvalue weighted by molar-refractivity contribution is 6.05. The number of nitrogens with one attached hydrogen (secondary N) is 2. The van der Waals surface area contributed by atoms with Crippen LogP contribution in [0, 0.1) is 5.82 Å². The van der Waals surface area contributed by atoms with Crippen LogP contribution in [0.25, 0.3) is 10.9 Å². The molecule has 3 aromatic carbocycles. The zero-order valence-electron chi connectivity index (χ0n) is 19.7. The van der Waals surface area contributed by atoms with Gasteiger partial charge in [0.25, 0.3) is 5.91 Å². The average Bonchev–Trinajstić information content (AvgIpc) is 2.88. The van der Waals surface area contributed by atoms with Gasteiger partial charge in [0.2, 0.25) is 11.3 Å². The summed E-state index contributed by atoms with van der Waals surface area (Å²) in [7, 11) is 0. The molecule has 0 aliphatic carbocycles. The molecular weight excluding hydrogens is 459 g/mol. The molecule has 0 atom stereocenters. The molecule has 0 fully saturated rings. The van der Waals surface area contributed by atoms with Crippen LogP contribution in [-0.4, -0.2) is 16.4 Å². The lowest BCUT2D eigenvalue weighted by molar-refractivity contribution is -0.116. The van der Waals surface area contributed by atoms with Crippen LogP contribution >= 0.6 is 0 Å². The molecule has 8 heteroatoms. The van der Waals surface area contributed by atoms with Crippen LogP contribution in [0.15, 0.2) is 83.8 Å².